The van der Waals surface area contributed by atoms with Gasteiger partial charge in [-0.2, -0.15) is 0 Å². The van der Waals surface area contributed by atoms with E-state index in [1.54, 1.807) is 19.2 Å². The molecule has 129 valence electrons. The second kappa shape index (κ2) is 6.27. The molecular weight excluding hydrogens is 323 g/mol. The Morgan fingerprint density at radius 2 is 2.12 bits per heavy atom. The molecule has 2 heterocycles. The van der Waals surface area contributed by atoms with Crippen molar-refractivity contribution in [2.75, 3.05) is 25.1 Å². The zero-order valence-corrected chi connectivity index (χ0v) is 13.8. The quantitative estimate of drug-likeness (QED) is 0.784. The number of fused-ring (bicyclic) bond motifs is 1. The first kappa shape index (κ1) is 15.7. The molecular formula is C19H18FN2O3. The number of aromatic nitrogens is 1. The summed E-state index contributed by atoms with van der Waals surface area (Å²) in [5.74, 6) is 0.718. The van der Waals surface area contributed by atoms with E-state index in [0.29, 0.717) is 11.3 Å². The fourth-order valence-electron chi connectivity index (χ4n) is 3.44. The number of halogens is 1. The van der Waals surface area contributed by atoms with Gasteiger partial charge in [-0.05, 0) is 31.0 Å². The number of aromatic hydroxyl groups is 1. The average Bonchev–Trinajstić information content (AvgIpc) is 3.05. The molecule has 0 spiro atoms. The molecule has 1 saturated heterocycles. The van der Waals surface area contributed by atoms with E-state index >= 15 is 0 Å². The van der Waals surface area contributed by atoms with Gasteiger partial charge >= 0.3 is 0 Å². The molecule has 4 rings (SSSR count). The first-order valence-electron chi connectivity index (χ1n) is 8.24. The van der Waals surface area contributed by atoms with Gasteiger partial charge in [0.1, 0.15) is 17.3 Å². The van der Waals surface area contributed by atoms with Crippen LogP contribution < -0.4 is 9.64 Å². The number of rotatable bonds is 3. The highest BCUT2D eigenvalue weighted by atomic mass is 19.1. The molecule has 3 aromatic rings. The van der Waals surface area contributed by atoms with Crippen LogP contribution in [0, 0.1) is 11.9 Å². The number of nitrogens with zero attached hydrogens (tertiary/aromatic N) is 2. The molecule has 1 fully saturated rings. The molecule has 0 aliphatic carbocycles. The average molecular weight is 341 g/mol. The van der Waals surface area contributed by atoms with Crippen molar-refractivity contribution >= 4 is 16.7 Å². The van der Waals surface area contributed by atoms with Gasteiger partial charge in [0, 0.05) is 42.6 Å². The standard InChI is InChI=1S/C19H18FN2O3/c1-24-14-3-5-17(23)16(11-14)22-8-6-12(7-9-22)19-15-4-2-13(20)10-18(15)25-21-19/h2-4,10-12,23H,6-9H2,1H3. The molecule has 6 heteroatoms. The van der Waals surface area contributed by atoms with Crippen LogP contribution in [0.2, 0.25) is 0 Å². The van der Waals surface area contributed by atoms with E-state index in [1.165, 1.54) is 12.1 Å². The van der Waals surface area contributed by atoms with Crippen LogP contribution in [-0.4, -0.2) is 30.5 Å². The molecule has 25 heavy (non-hydrogen) atoms. The van der Waals surface area contributed by atoms with Gasteiger partial charge in [0.25, 0.3) is 0 Å². The summed E-state index contributed by atoms with van der Waals surface area (Å²) in [6.07, 6.45) is 1.74. The van der Waals surface area contributed by atoms with Crippen LogP contribution in [-0.2, 0) is 0 Å². The summed E-state index contributed by atoms with van der Waals surface area (Å²) in [5, 5.41) is 15.1. The highest BCUT2D eigenvalue weighted by Gasteiger charge is 2.26. The second-order valence-electron chi connectivity index (χ2n) is 6.24. The van der Waals surface area contributed by atoms with Crippen LogP contribution in [0.1, 0.15) is 24.5 Å². The van der Waals surface area contributed by atoms with Crippen molar-refractivity contribution in [3.63, 3.8) is 0 Å². The summed E-state index contributed by atoms with van der Waals surface area (Å²) in [7, 11) is 1.59. The first-order chi connectivity index (χ1) is 12.2. The Morgan fingerprint density at radius 3 is 2.88 bits per heavy atom. The number of methoxy groups -OCH3 is 1. The summed E-state index contributed by atoms with van der Waals surface area (Å²) in [5.41, 5.74) is 2.10. The Hall–Kier alpha value is -2.76. The largest absolute Gasteiger partial charge is 0.505 e. The van der Waals surface area contributed by atoms with Gasteiger partial charge in [-0.1, -0.05) is 5.16 Å². The van der Waals surface area contributed by atoms with Crippen molar-refractivity contribution in [2.24, 2.45) is 0 Å². The van der Waals surface area contributed by atoms with E-state index in [4.69, 9.17) is 9.26 Å². The highest BCUT2D eigenvalue weighted by molar-refractivity contribution is 5.80. The van der Waals surface area contributed by atoms with Crippen LogP contribution in [0.3, 0.4) is 0 Å². The lowest BCUT2D eigenvalue weighted by molar-refractivity contribution is 0.407. The van der Waals surface area contributed by atoms with Crippen molar-refractivity contribution in [1.82, 2.24) is 5.16 Å². The molecule has 1 N–H and O–H groups in total. The Labute approximate surface area is 144 Å². The number of hydrogen-bond acceptors (Lipinski definition) is 5. The molecule has 0 unspecified atom stereocenters. The minimum atomic E-state index is -0.324. The van der Waals surface area contributed by atoms with Gasteiger partial charge in [-0.15, -0.1) is 0 Å². The SMILES string of the molecule is COc1c[c]c(O)c(N2CCC(c3noc4cc(F)ccc34)CC2)c1. The monoisotopic (exact) mass is 341 g/mol. The second-order valence-corrected chi connectivity index (χ2v) is 6.24. The number of phenolic OH excluding ortho intramolecular Hbond substituents is 1. The summed E-state index contributed by atoms with van der Waals surface area (Å²) >= 11 is 0. The topological polar surface area (TPSA) is 58.7 Å². The number of anilines is 1. The number of piperidine rings is 1. The van der Waals surface area contributed by atoms with Crippen molar-refractivity contribution in [3.8, 4) is 11.5 Å². The van der Waals surface area contributed by atoms with E-state index in [-0.39, 0.29) is 17.5 Å². The molecule has 1 aliphatic heterocycles. The number of phenols is 1. The van der Waals surface area contributed by atoms with Crippen LogP contribution >= 0.6 is 0 Å². The van der Waals surface area contributed by atoms with Crippen LogP contribution in [0.25, 0.3) is 11.0 Å². The first-order valence-corrected chi connectivity index (χ1v) is 8.24. The molecule has 0 amide bonds. The fraction of sp³-hybridized carbons (Fsp3) is 0.316. The molecule has 0 bridgehead atoms. The van der Waals surface area contributed by atoms with Crippen molar-refractivity contribution in [3.05, 3.63) is 47.9 Å². The molecule has 5 nitrogen and oxygen atoms in total. The molecule has 1 aromatic heterocycles. The summed E-state index contributed by atoms with van der Waals surface area (Å²) < 4.78 is 23.8. The van der Waals surface area contributed by atoms with Crippen LogP contribution in [0.15, 0.2) is 34.9 Å². The van der Waals surface area contributed by atoms with Crippen LogP contribution in [0.5, 0.6) is 11.5 Å². The molecule has 0 saturated carbocycles. The number of hydrogen-bond donors (Lipinski definition) is 1. The van der Waals surface area contributed by atoms with E-state index < -0.39 is 0 Å². The third-order valence-electron chi connectivity index (χ3n) is 4.79. The zero-order valence-electron chi connectivity index (χ0n) is 13.8. The summed E-state index contributed by atoms with van der Waals surface area (Å²) in [6.45, 7) is 1.55. The van der Waals surface area contributed by atoms with Crippen molar-refractivity contribution in [1.29, 1.82) is 0 Å². The third-order valence-corrected chi connectivity index (χ3v) is 4.79. The van der Waals surface area contributed by atoms with Gasteiger partial charge in [0.05, 0.1) is 18.5 Å². The Kier molecular flexibility index (Phi) is 3.95. The normalized spacial score (nSPS) is 15.7. The lowest BCUT2D eigenvalue weighted by Gasteiger charge is -2.33. The Morgan fingerprint density at radius 1 is 1.32 bits per heavy atom. The highest BCUT2D eigenvalue weighted by Crippen LogP contribution is 2.37. The maximum Gasteiger partial charge on any atom is 0.170 e. The molecule has 2 aromatic carbocycles. The minimum absolute atomic E-state index is 0.126. The van der Waals surface area contributed by atoms with Gasteiger partial charge < -0.3 is 19.3 Å². The van der Waals surface area contributed by atoms with Crippen molar-refractivity contribution in [2.45, 2.75) is 18.8 Å². The zero-order chi connectivity index (χ0) is 17.4. The number of ether oxygens (including phenoxy) is 1. The van der Waals surface area contributed by atoms with E-state index in [0.717, 1.165) is 42.7 Å². The lowest BCUT2D eigenvalue weighted by atomic mass is 9.91. The van der Waals surface area contributed by atoms with Gasteiger partial charge in [0.2, 0.25) is 0 Å². The third kappa shape index (κ3) is 2.88. The predicted octanol–water partition coefficient (Wildman–Crippen LogP) is 3.87. The predicted molar refractivity (Wildman–Crippen MR) is 91.6 cm³/mol. The lowest BCUT2D eigenvalue weighted by Crippen LogP contribution is -2.33. The Balaban J connectivity index is 1.53. The van der Waals surface area contributed by atoms with Gasteiger partial charge in [-0.3, -0.25) is 0 Å². The smallest absolute Gasteiger partial charge is 0.170 e. The van der Waals surface area contributed by atoms with E-state index in [9.17, 15) is 9.50 Å². The fourth-order valence-corrected chi connectivity index (χ4v) is 3.44. The molecule has 0 atom stereocenters. The minimum Gasteiger partial charge on any atom is -0.505 e. The van der Waals surface area contributed by atoms with Gasteiger partial charge in [-0.25, -0.2) is 4.39 Å². The summed E-state index contributed by atoms with van der Waals surface area (Å²) in [6, 6.07) is 10.8. The maximum absolute atomic E-state index is 13.3. The van der Waals surface area contributed by atoms with E-state index in [1.807, 2.05) is 6.07 Å². The molecule has 1 aliphatic rings. The van der Waals surface area contributed by atoms with Crippen LogP contribution in [0.4, 0.5) is 10.1 Å². The molecule has 1 radical (unpaired) electrons. The van der Waals surface area contributed by atoms with Gasteiger partial charge in [0.15, 0.2) is 5.58 Å². The van der Waals surface area contributed by atoms with Crippen molar-refractivity contribution < 1.29 is 18.8 Å². The summed E-state index contributed by atoms with van der Waals surface area (Å²) in [4.78, 5) is 2.12. The van der Waals surface area contributed by atoms with E-state index in [2.05, 4.69) is 16.1 Å². The maximum atomic E-state index is 13.3. The Bertz CT molecular complexity index is 901. The number of benzene rings is 2.